The van der Waals surface area contributed by atoms with Crippen LogP contribution in [0.25, 0.3) is 11.1 Å². The van der Waals surface area contributed by atoms with Crippen LogP contribution in [0, 0.1) is 0 Å². The highest BCUT2D eigenvalue weighted by Gasteiger charge is 2.33. The summed E-state index contributed by atoms with van der Waals surface area (Å²) in [6.45, 7) is 10.2. The molecule has 172 valence electrons. The fourth-order valence-electron chi connectivity index (χ4n) is 3.40. The van der Waals surface area contributed by atoms with Crippen LogP contribution in [0.3, 0.4) is 0 Å². The van der Waals surface area contributed by atoms with Crippen LogP contribution in [0.15, 0.2) is 34.8 Å². The molecule has 8 nitrogen and oxygen atoms in total. The Balaban J connectivity index is 1.65. The zero-order chi connectivity index (χ0) is 24.4. The summed E-state index contributed by atoms with van der Waals surface area (Å²) in [5.74, 6) is 0. The van der Waals surface area contributed by atoms with Gasteiger partial charge in [-0.25, -0.2) is 9.97 Å². The number of rotatable bonds is 3. The van der Waals surface area contributed by atoms with Gasteiger partial charge >= 0.3 is 0 Å². The summed E-state index contributed by atoms with van der Waals surface area (Å²) in [6, 6.07) is 0. The molecule has 2 aliphatic rings. The Bertz CT molecular complexity index is 1380. The summed E-state index contributed by atoms with van der Waals surface area (Å²) >= 11 is 4.26. The quantitative estimate of drug-likeness (QED) is 0.328. The highest BCUT2D eigenvalue weighted by Crippen LogP contribution is 2.33. The predicted octanol–water partition coefficient (Wildman–Crippen LogP) is 2.69. The van der Waals surface area contributed by atoms with Crippen molar-refractivity contribution in [1.29, 1.82) is 0 Å². The lowest BCUT2D eigenvalue weighted by Gasteiger charge is -2.16. The minimum absolute atomic E-state index is 0.153. The molecule has 3 aromatic heterocycles. The molecule has 2 aliphatic heterocycles. The van der Waals surface area contributed by atoms with Gasteiger partial charge in [-0.05, 0) is 37.4 Å². The Kier molecular flexibility index (Phi) is 5.64. The zero-order valence-electron chi connectivity index (χ0n) is 19.0. The molecule has 5 heterocycles. The van der Waals surface area contributed by atoms with Crippen LogP contribution in [-0.4, -0.2) is 40.1 Å². The Hall–Kier alpha value is -2.25. The number of hydrogen-bond acceptors (Lipinski definition) is 10. The number of thioether (sulfide) groups is 2. The number of aromatic nitrogens is 6. The molecule has 0 spiro atoms. The molecule has 0 aliphatic carbocycles. The fraction of sp³-hybridized carbons (Fsp3) is 0.304. The van der Waals surface area contributed by atoms with Gasteiger partial charge in [0.05, 0.1) is 55.9 Å². The van der Waals surface area contributed by atoms with Crippen LogP contribution in [0.4, 0.5) is 0 Å². The number of carbonyl (C=O) groups excluding carboxylic acids is 2. The van der Waals surface area contributed by atoms with Gasteiger partial charge in [0.25, 0.3) is 0 Å². The molecule has 0 radical (unpaired) electrons. The summed E-state index contributed by atoms with van der Waals surface area (Å²) in [7, 11) is 0. The van der Waals surface area contributed by atoms with E-state index in [0.717, 1.165) is 34.9 Å². The lowest BCUT2D eigenvalue weighted by atomic mass is 9.93. The number of nitrogens with zero attached hydrogens (tertiary/aromatic N) is 6. The second-order valence-corrected chi connectivity index (χ2v) is 14.0. The van der Waals surface area contributed by atoms with Gasteiger partial charge in [-0.15, -0.1) is 0 Å². The summed E-state index contributed by atoms with van der Waals surface area (Å²) < 4.78 is -0.182. The first-order valence-corrected chi connectivity index (χ1v) is 13.1. The van der Waals surface area contributed by atoms with Crippen molar-refractivity contribution in [1.82, 2.24) is 29.9 Å². The van der Waals surface area contributed by atoms with E-state index in [2.05, 4.69) is 52.5 Å². The van der Waals surface area contributed by atoms with Gasteiger partial charge < -0.3 is 0 Å². The van der Waals surface area contributed by atoms with E-state index >= 15 is 0 Å². The van der Waals surface area contributed by atoms with Gasteiger partial charge in [-0.1, -0.05) is 43.4 Å². The molecule has 0 saturated heterocycles. The SMILES string of the molecule is CC(C)(C)c1cnc(C2=c3nc4c(nc3SC2=O)=C(c2cnc(C(C)(C)I)cn2)C(=O)S4)cn1. The van der Waals surface area contributed by atoms with Crippen molar-refractivity contribution >= 4 is 67.5 Å². The molecule has 5 rings (SSSR count). The average molecular weight is 602 g/mol. The third-order valence-electron chi connectivity index (χ3n) is 5.29. The number of fused-ring (bicyclic) bond motifs is 2. The second kappa shape index (κ2) is 8.16. The van der Waals surface area contributed by atoms with Gasteiger partial charge in [0.1, 0.15) is 20.8 Å². The van der Waals surface area contributed by atoms with E-state index in [1.165, 1.54) is 0 Å². The molecular formula is C23H19IN6O2S2. The molecule has 11 heteroatoms. The maximum atomic E-state index is 12.9. The summed E-state index contributed by atoms with van der Waals surface area (Å²) in [6.07, 6.45) is 6.55. The number of alkyl halides is 1. The van der Waals surface area contributed by atoms with E-state index < -0.39 is 0 Å². The molecule has 0 N–H and O–H groups in total. The highest BCUT2D eigenvalue weighted by molar-refractivity contribution is 14.1. The van der Waals surface area contributed by atoms with Crippen molar-refractivity contribution in [3.8, 4) is 0 Å². The largest absolute Gasteiger partial charge is 0.281 e. The third-order valence-corrected chi connectivity index (χ3v) is 7.57. The van der Waals surface area contributed by atoms with Gasteiger partial charge in [0.2, 0.25) is 10.2 Å². The van der Waals surface area contributed by atoms with Crippen LogP contribution in [0.5, 0.6) is 0 Å². The molecule has 0 bridgehead atoms. The first kappa shape index (κ1) is 23.5. The third kappa shape index (κ3) is 4.07. The molecule has 0 saturated carbocycles. The van der Waals surface area contributed by atoms with Crippen molar-refractivity contribution in [2.24, 2.45) is 0 Å². The van der Waals surface area contributed by atoms with Gasteiger partial charge in [-0.3, -0.25) is 29.5 Å². The van der Waals surface area contributed by atoms with E-state index in [0.29, 0.717) is 43.3 Å². The van der Waals surface area contributed by atoms with Crippen molar-refractivity contribution in [3.05, 3.63) is 58.3 Å². The van der Waals surface area contributed by atoms with Crippen molar-refractivity contribution in [2.75, 3.05) is 0 Å². The Morgan fingerprint density at radius 3 is 1.47 bits per heavy atom. The maximum Gasteiger partial charge on any atom is 0.230 e. The minimum Gasteiger partial charge on any atom is -0.281 e. The Morgan fingerprint density at radius 1 is 0.676 bits per heavy atom. The van der Waals surface area contributed by atoms with E-state index in [4.69, 9.17) is 0 Å². The summed E-state index contributed by atoms with van der Waals surface area (Å²) in [4.78, 5) is 53.0. The Labute approximate surface area is 217 Å². The first-order chi connectivity index (χ1) is 15.9. The van der Waals surface area contributed by atoms with Crippen LogP contribution >= 0.6 is 46.1 Å². The van der Waals surface area contributed by atoms with Gasteiger partial charge in [0.15, 0.2) is 0 Å². The molecule has 0 unspecified atom stereocenters. The van der Waals surface area contributed by atoms with Crippen LogP contribution in [0.2, 0.25) is 0 Å². The lowest BCUT2D eigenvalue weighted by molar-refractivity contribution is -0.106. The molecule has 0 atom stereocenters. The molecule has 0 aromatic carbocycles. The molecular weight excluding hydrogens is 583 g/mol. The van der Waals surface area contributed by atoms with Crippen LogP contribution < -0.4 is 10.7 Å². The van der Waals surface area contributed by atoms with E-state index in [1.54, 1.807) is 24.8 Å². The average Bonchev–Trinajstić information content (AvgIpc) is 3.25. The van der Waals surface area contributed by atoms with E-state index in [9.17, 15) is 9.59 Å². The Morgan fingerprint density at radius 2 is 1.12 bits per heavy atom. The lowest BCUT2D eigenvalue weighted by Crippen LogP contribution is -2.24. The van der Waals surface area contributed by atoms with E-state index in [-0.39, 0.29) is 19.1 Å². The van der Waals surface area contributed by atoms with Crippen molar-refractivity contribution < 1.29 is 9.59 Å². The topological polar surface area (TPSA) is 111 Å². The smallest absolute Gasteiger partial charge is 0.230 e. The minimum atomic E-state index is -0.193. The van der Waals surface area contributed by atoms with Crippen molar-refractivity contribution in [3.63, 3.8) is 0 Å². The van der Waals surface area contributed by atoms with Gasteiger partial charge in [0, 0.05) is 11.6 Å². The monoisotopic (exact) mass is 602 g/mol. The number of halogens is 1. The van der Waals surface area contributed by atoms with Crippen molar-refractivity contribution in [2.45, 2.75) is 53.5 Å². The maximum absolute atomic E-state index is 12.9. The van der Waals surface area contributed by atoms with Gasteiger partial charge in [-0.2, -0.15) is 0 Å². The standard InChI is InChI=1S/C23H19IN6O2S2/c1-22(2,3)12-8-25-10(6-27-12)14-16-18(33-20(14)31)30-17-15(21(32)34-19(17)29-16)11-7-28-13(9-26-11)23(4,5)24/h6-9H,1-5H3. The summed E-state index contributed by atoms with van der Waals surface area (Å²) in [5.41, 5.74) is 3.09. The molecule has 34 heavy (non-hydrogen) atoms. The van der Waals surface area contributed by atoms with Crippen LogP contribution in [0.1, 0.15) is 57.4 Å². The normalized spacial score (nSPS) is 15.7. The first-order valence-electron chi connectivity index (χ1n) is 10.4. The second-order valence-electron chi connectivity index (χ2n) is 9.36. The highest BCUT2D eigenvalue weighted by atomic mass is 127. The number of hydrogen-bond donors (Lipinski definition) is 0. The zero-order valence-corrected chi connectivity index (χ0v) is 22.8. The molecule has 0 amide bonds. The van der Waals surface area contributed by atoms with Crippen LogP contribution in [-0.2, 0) is 18.4 Å². The molecule has 0 fully saturated rings. The number of carbonyl (C=O) groups is 2. The predicted molar refractivity (Wildman–Crippen MR) is 138 cm³/mol. The summed E-state index contributed by atoms with van der Waals surface area (Å²) in [5, 5.41) is 1.38. The fourth-order valence-corrected chi connectivity index (χ4v) is 5.40. The van der Waals surface area contributed by atoms with E-state index in [1.807, 2.05) is 34.6 Å². The molecule has 3 aromatic rings.